The van der Waals surface area contributed by atoms with Crippen molar-refractivity contribution < 1.29 is 36.6 Å². The van der Waals surface area contributed by atoms with E-state index in [0.717, 1.165) is 17.2 Å². The van der Waals surface area contributed by atoms with Gasteiger partial charge < -0.3 is 14.4 Å². The maximum Gasteiger partial charge on any atom is 0.406 e. The Labute approximate surface area is 238 Å². The lowest BCUT2D eigenvalue weighted by Gasteiger charge is -2.26. The van der Waals surface area contributed by atoms with E-state index in [1.54, 1.807) is 42.5 Å². The number of methoxy groups -OCH3 is 2. The Morgan fingerprint density at radius 3 is 2.48 bits per heavy atom. The standard InChI is InChI=1S/C30H26F4N4O4/c1-41-16-27(39)19-8-6-18(7-9-19)21-11-10-20(14-28(21)42-2)24-15-38(36-35-24)26-13-12-22-23(31)4-3-5-25(22)37(29(26)40)17-30(32,33)34/h3-11,14-15,26H,12-13,16-17H2,1-2H3. The van der Waals surface area contributed by atoms with E-state index in [1.807, 2.05) is 0 Å². The molecule has 8 nitrogen and oxygen atoms in total. The number of nitrogens with zero attached hydrogens (tertiary/aromatic N) is 4. The SMILES string of the molecule is COCC(=O)c1ccc(-c2ccc(-c3cn(C4CCc5c(F)cccc5N(CC(F)(F)F)C4=O)nn3)cc2OC)cc1. The summed E-state index contributed by atoms with van der Waals surface area (Å²) in [4.78, 5) is 26.1. The third-order valence-corrected chi connectivity index (χ3v) is 7.06. The quantitative estimate of drug-likeness (QED) is 0.197. The van der Waals surface area contributed by atoms with Crippen LogP contribution in [-0.4, -0.2) is 60.2 Å². The number of hydrogen-bond acceptors (Lipinski definition) is 6. The Hall–Kier alpha value is -4.58. The molecule has 1 amide bonds. The van der Waals surface area contributed by atoms with Crippen molar-refractivity contribution in [3.63, 3.8) is 0 Å². The number of anilines is 1. The van der Waals surface area contributed by atoms with E-state index in [-0.39, 0.29) is 36.5 Å². The second-order valence-corrected chi connectivity index (χ2v) is 9.76. The molecule has 0 spiro atoms. The van der Waals surface area contributed by atoms with Gasteiger partial charge in [0.15, 0.2) is 5.78 Å². The van der Waals surface area contributed by atoms with Crippen LogP contribution in [0.1, 0.15) is 28.4 Å². The van der Waals surface area contributed by atoms with E-state index < -0.39 is 30.5 Å². The largest absolute Gasteiger partial charge is 0.496 e. The minimum Gasteiger partial charge on any atom is -0.496 e. The first-order chi connectivity index (χ1) is 20.1. The minimum atomic E-state index is -4.69. The summed E-state index contributed by atoms with van der Waals surface area (Å²) in [6.07, 6.45) is -3.14. The number of carbonyl (C=O) groups is 2. The highest BCUT2D eigenvalue weighted by Crippen LogP contribution is 2.37. The number of benzene rings is 3. The Kier molecular flexibility index (Phi) is 8.08. The van der Waals surface area contributed by atoms with Crippen molar-refractivity contribution >= 4 is 17.4 Å². The third kappa shape index (κ3) is 5.89. The summed E-state index contributed by atoms with van der Waals surface area (Å²) in [7, 11) is 2.96. The molecule has 5 rings (SSSR count). The van der Waals surface area contributed by atoms with Crippen LogP contribution in [0.15, 0.2) is 66.9 Å². The molecule has 0 bridgehead atoms. The lowest BCUT2D eigenvalue weighted by Crippen LogP contribution is -2.42. The lowest BCUT2D eigenvalue weighted by molar-refractivity contribution is -0.134. The summed E-state index contributed by atoms with van der Waals surface area (Å²) in [6, 6.07) is 14.9. The maximum atomic E-state index is 14.6. The Bertz CT molecular complexity index is 1620. The molecule has 0 aliphatic carbocycles. The van der Waals surface area contributed by atoms with Crippen LogP contribution in [0.2, 0.25) is 0 Å². The van der Waals surface area contributed by atoms with Crippen molar-refractivity contribution in [1.82, 2.24) is 15.0 Å². The molecule has 3 aromatic carbocycles. The van der Waals surface area contributed by atoms with Crippen molar-refractivity contribution in [2.75, 3.05) is 32.3 Å². The molecule has 1 aliphatic rings. The average Bonchev–Trinajstić information content (AvgIpc) is 3.41. The van der Waals surface area contributed by atoms with Gasteiger partial charge in [-0.05, 0) is 42.7 Å². The Balaban J connectivity index is 1.43. The van der Waals surface area contributed by atoms with Gasteiger partial charge in [0.1, 0.15) is 36.5 Å². The monoisotopic (exact) mass is 582 g/mol. The van der Waals surface area contributed by atoms with Gasteiger partial charge in [-0.15, -0.1) is 5.10 Å². The van der Waals surface area contributed by atoms with Crippen LogP contribution < -0.4 is 9.64 Å². The van der Waals surface area contributed by atoms with Crippen LogP contribution in [0.5, 0.6) is 5.75 Å². The number of Topliss-reactive ketones (excluding diaryl/α,β-unsaturated/α-hetero) is 1. The molecule has 0 radical (unpaired) electrons. The number of alkyl halides is 3. The average molecular weight is 583 g/mol. The topological polar surface area (TPSA) is 86.6 Å². The summed E-state index contributed by atoms with van der Waals surface area (Å²) in [5.41, 5.74) is 2.98. The molecule has 4 aromatic rings. The summed E-state index contributed by atoms with van der Waals surface area (Å²) in [5, 5.41) is 8.22. The lowest BCUT2D eigenvalue weighted by atomic mass is 9.99. The number of hydrogen-bond donors (Lipinski definition) is 0. The highest BCUT2D eigenvalue weighted by molar-refractivity contribution is 5.98. The molecule has 0 saturated carbocycles. The maximum absolute atomic E-state index is 14.6. The molecule has 1 atom stereocenters. The first-order valence-corrected chi connectivity index (χ1v) is 13.0. The fourth-order valence-electron chi connectivity index (χ4n) is 5.04. The van der Waals surface area contributed by atoms with Gasteiger partial charge in [0.25, 0.3) is 5.91 Å². The molecule has 0 fully saturated rings. The van der Waals surface area contributed by atoms with Gasteiger partial charge in [-0.2, -0.15) is 13.2 Å². The van der Waals surface area contributed by atoms with Gasteiger partial charge in [0.2, 0.25) is 0 Å². The molecule has 12 heteroatoms. The number of carbonyl (C=O) groups excluding carboxylic acids is 2. The summed E-state index contributed by atoms with van der Waals surface area (Å²) >= 11 is 0. The van der Waals surface area contributed by atoms with Crippen molar-refractivity contribution in [1.29, 1.82) is 0 Å². The fourth-order valence-corrected chi connectivity index (χ4v) is 5.04. The predicted octanol–water partition coefficient (Wildman–Crippen LogP) is 5.67. The first kappa shape index (κ1) is 28.9. The van der Waals surface area contributed by atoms with Crippen molar-refractivity contribution in [3.05, 3.63) is 83.8 Å². The fraction of sp³-hybridized carbons (Fsp3) is 0.267. The van der Waals surface area contributed by atoms with Gasteiger partial charge in [-0.3, -0.25) is 9.59 Å². The predicted molar refractivity (Wildman–Crippen MR) is 146 cm³/mol. The molecule has 0 saturated heterocycles. The van der Waals surface area contributed by atoms with E-state index in [1.165, 1.54) is 37.2 Å². The van der Waals surface area contributed by atoms with Crippen LogP contribution >= 0.6 is 0 Å². The zero-order valence-electron chi connectivity index (χ0n) is 22.7. The van der Waals surface area contributed by atoms with Gasteiger partial charge in [0, 0.05) is 29.4 Å². The van der Waals surface area contributed by atoms with Crippen molar-refractivity contribution in [3.8, 4) is 28.1 Å². The zero-order chi connectivity index (χ0) is 30.0. The normalized spacial score (nSPS) is 15.3. The van der Waals surface area contributed by atoms with Crippen LogP contribution in [-0.2, 0) is 16.0 Å². The minimum absolute atomic E-state index is 0.0192. The van der Waals surface area contributed by atoms with E-state index in [0.29, 0.717) is 27.5 Å². The first-order valence-electron chi connectivity index (χ1n) is 13.0. The molecule has 1 aromatic heterocycles. The highest BCUT2D eigenvalue weighted by Gasteiger charge is 2.40. The Morgan fingerprint density at radius 1 is 1.05 bits per heavy atom. The number of rotatable bonds is 8. The molecule has 2 heterocycles. The van der Waals surface area contributed by atoms with E-state index in [2.05, 4.69) is 10.3 Å². The molecular formula is C30H26F4N4O4. The summed E-state index contributed by atoms with van der Waals surface area (Å²) in [6.45, 7) is -1.57. The molecule has 1 aliphatic heterocycles. The second kappa shape index (κ2) is 11.7. The smallest absolute Gasteiger partial charge is 0.406 e. The van der Waals surface area contributed by atoms with Gasteiger partial charge >= 0.3 is 6.18 Å². The molecular weight excluding hydrogens is 556 g/mol. The van der Waals surface area contributed by atoms with Crippen LogP contribution in [0.3, 0.4) is 0 Å². The van der Waals surface area contributed by atoms with E-state index in [4.69, 9.17) is 9.47 Å². The van der Waals surface area contributed by atoms with Crippen molar-refractivity contribution in [2.24, 2.45) is 0 Å². The van der Waals surface area contributed by atoms with Crippen LogP contribution in [0.25, 0.3) is 22.4 Å². The van der Waals surface area contributed by atoms with E-state index in [9.17, 15) is 27.2 Å². The third-order valence-electron chi connectivity index (χ3n) is 7.06. The van der Waals surface area contributed by atoms with Gasteiger partial charge in [-0.25, -0.2) is 9.07 Å². The molecule has 1 unspecified atom stereocenters. The number of aromatic nitrogens is 3. The van der Waals surface area contributed by atoms with Gasteiger partial charge in [0.05, 0.1) is 19.0 Å². The zero-order valence-corrected chi connectivity index (χ0v) is 22.7. The number of ketones is 1. The summed E-state index contributed by atoms with van der Waals surface area (Å²) < 4.78 is 66.6. The van der Waals surface area contributed by atoms with Gasteiger partial charge in [-0.1, -0.05) is 41.6 Å². The molecule has 0 N–H and O–H groups in total. The number of amides is 1. The number of halogens is 4. The molecule has 218 valence electrons. The van der Waals surface area contributed by atoms with Crippen LogP contribution in [0, 0.1) is 5.82 Å². The molecule has 42 heavy (non-hydrogen) atoms. The summed E-state index contributed by atoms with van der Waals surface area (Å²) in [5.74, 6) is -1.16. The number of fused-ring (bicyclic) bond motifs is 1. The van der Waals surface area contributed by atoms with Crippen molar-refractivity contribution in [2.45, 2.75) is 25.1 Å². The number of ether oxygens (including phenoxy) is 2. The van der Waals surface area contributed by atoms with Crippen LogP contribution in [0.4, 0.5) is 23.2 Å². The Morgan fingerprint density at radius 2 is 1.79 bits per heavy atom. The highest BCUT2D eigenvalue weighted by atomic mass is 19.4. The second-order valence-electron chi connectivity index (χ2n) is 9.76. The van der Waals surface area contributed by atoms with E-state index >= 15 is 0 Å².